The van der Waals surface area contributed by atoms with E-state index in [1.807, 2.05) is 0 Å². The van der Waals surface area contributed by atoms with Crippen molar-refractivity contribution < 1.29 is 0 Å². The Bertz CT molecular complexity index is 474. The van der Waals surface area contributed by atoms with Crippen LogP contribution in [-0.2, 0) is 11.8 Å². The van der Waals surface area contributed by atoms with Gasteiger partial charge in [-0.15, -0.1) is 0 Å². The Labute approximate surface area is 110 Å². The summed E-state index contributed by atoms with van der Waals surface area (Å²) in [7, 11) is 0. The van der Waals surface area contributed by atoms with Crippen LogP contribution in [0.25, 0.3) is 0 Å². The minimum Gasteiger partial charge on any atom is -0.313 e. The molecule has 2 bridgehead atoms. The highest BCUT2D eigenvalue weighted by Crippen LogP contribution is 2.53. The first kappa shape index (κ1) is 11.0. The molecular weight excluding hydrogens is 218 g/mol. The van der Waals surface area contributed by atoms with Crippen LogP contribution in [0.5, 0.6) is 0 Å². The molecule has 1 N–H and O–H groups in total. The van der Waals surface area contributed by atoms with Crippen molar-refractivity contribution in [3.05, 3.63) is 34.9 Å². The van der Waals surface area contributed by atoms with Crippen molar-refractivity contribution in [2.75, 3.05) is 6.54 Å². The van der Waals surface area contributed by atoms with E-state index in [4.69, 9.17) is 0 Å². The molecule has 0 radical (unpaired) electrons. The van der Waals surface area contributed by atoms with Crippen LogP contribution in [-0.4, -0.2) is 12.6 Å². The maximum atomic E-state index is 3.80. The van der Waals surface area contributed by atoms with Gasteiger partial charge in [0.05, 0.1) is 0 Å². The van der Waals surface area contributed by atoms with E-state index >= 15 is 0 Å². The summed E-state index contributed by atoms with van der Waals surface area (Å²) in [6, 6.07) is 7.97. The van der Waals surface area contributed by atoms with Gasteiger partial charge in [-0.25, -0.2) is 0 Å². The molecule has 2 fully saturated rings. The number of benzene rings is 1. The van der Waals surface area contributed by atoms with Crippen molar-refractivity contribution in [1.82, 2.24) is 5.32 Å². The molecule has 96 valence electrons. The van der Waals surface area contributed by atoms with Gasteiger partial charge in [-0.2, -0.15) is 0 Å². The van der Waals surface area contributed by atoms with Gasteiger partial charge in [-0.05, 0) is 56.2 Å². The van der Waals surface area contributed by atoms with Crippen LogP contribution in [0.2, 0.25) is 0 Å². The van der Waals surface area contributed by atoms with Crippen LogP contribution >= 0.6 is 0 Å². The summed E-state index contributed by atoms with van der Waals surface area (Å²) in [6.45, 7) is 3.48. The molecule has 1 aromatic rings. The summed E-state index contributed by atoms with van der Waals surface area (Å²) in [5.74, 6) is 0.911. The zero-order valence-corrected chi connectivity index (χ0v) is 11.3. The van der Waals surface area contributed by atoms with Gasteiger partial charge in [-0.1, -0.05) is 36.6 Å². The lowest BCUT2D eigenvalue weighted by molar-refractivity contribution is 0.0797. The highest BCUT2D eigenvalue weighted by atomic mass is 15.0. The van der Waals surface area contributed by atoms with E-state index in [9.17, 15) is 0 Å². The second kappa shape index (κ2) is 3.84. The molecule has 4 rings (SSSR count). The molecule has 3 aliphatic rings. The summed E-state index contributed by atoms with van der Waals surface area (Å²) in [5.41, 5.74) is 5.35. The van der Waals surface area contributed by atoms with Crippen molar-refractivity contribution in [1.29, 1.82) is 0 Å². The fourth-order valence-electron chi connectivity index (χ4n) is 5.04. The number of nitrogens with one attached hydrogen (secondary N) is 1. The van der Waals surface area contributed by atoms with E-state index < -0.39 is 0 Å². The van der Waals surface area contributed by atoms with Gasteiger partial charge in [0.25, 0.3) is 0 Å². The van der Waals surface area contributed by atoms with E-state index in [0.29, 0.717) is 5.41 Å². The number of fused-ring (bicyclic) bond motifs is 1. The molecule has 18 heavy (non-hydrogen) atoms. The van der Waals surface area contributed by atoms with Crippen LogP contribution in [0.4, 0.5) is 0 Å². The Morgan fingerprint density at radius 1 is 1.22 bits per heavy atom. The van der Waals surface area contributed by atoms with E-state index in [-0.39, 0.29) is 0 Å². The first-order valence-electron chi connectivity index (χ1n) is 7.63. The molecule has 1 saturated heterocycles. The standard InChI is InChI=1S/C17H23N/c1-12-5-6-13-11-16-14-4-2-3-7-17(14,8-9-18-16)15(13)10-12/h5-6,10,14,16,18H,2-4,7-9,11H2,1H3/t14?,16?,17-/m0/s1. The zero-order chi connectivity index (χ0) is 12.2. The van der Waals surface area contributed by atoms with Crippen LogP contribution in [0.3, 0.4) is 0 Å². The average Bonchev–Trinajstić information content (AvgIpc) is 2.40. The van der Waals surface area contributed by atoms with Crippen molar-refractivity contribution >= 4 is 0 Å². The number of piperidine rings is 1. The Morgan fingerprint density at radius 3 is 3.11 bits per heavy atom. The summed E-state index contributed by atoms with van der Waals surface area (Å²) in [5, 5.41) is 3.80. The summed E-state index contributed by atoms with van der Waals surface area (Å²) in [4.78, 5) is 0. The van der Waals surface area contributed by atoms with Gasteiger partial charge >= 0.3 is 0 Å². The number of aryl methyl sites for hydroxylation is 1. The molecule has 1 nitrogen and oxygen atoms in total. The summed E-state index contributed by atoms with van der Waals surface area (Å²) >= 11 is 0. The maximum Gasteiger partial charge on any atom is 0.0144 e. The van der Waals surface area contributed by atoms with Crippen molar-refractivity contribution in [2.45, 2.75) is 56.9 Å². The number of hydrogen-bond donors (Lipinski definition) is 1. The summed E-state index contributed by atoms with van der Waals surface area (Å²) in [6.07, 6.45) is 8.41. The predicted octanol–water partition coefficient (Wildman–Crippen LogP) is 3.34. The molecule has 0 spiro atoms. The Hall–Kier alpha value is -0.820. The molecule has 0 amide bonds. The van der Waals surface area contributed by atoms with Crippen molar-refractivity contribution in [2.24, 2.45) is 5.92 Å². The fourth-order valence-corrected chi connectivity index (χ4v) is 5.04. The number of hydrogen-bond acceptors (Lipinski definition) is 1. The number of rotatable bonds is 0. The fraction of sp³-hybridized carbons (Fsp3) is 0.647. The Balaban J connectivity index is 1.91. The smallest absolute Gasteiger partial charge is 0.0144 e. The zero-order valence-electron chi connectivity index (χ0n) is 11.3. The maximum absolute atomic E-state index is 3.80. The highest BCUT2D eigenvalue weighted by molar-refractivity contribution is 5.43. The van der Waals surface area contributed by atoms with Gasteiger partial charge in [0.15, 0.2) is 0 Å². The van der Waals surface area contributed by atoms with Gasteiger partial charge in [0.2, 0.25) is 0 Å². The van der Waals surface area contributed by atoms with Gasteiger partial charge in [0, 0.05) is 11.5 Å². The lowest BCUT2D eigenvalue weighted by atomic mass is 9.53. The monoisotopic (exact) mass is 241 g/mol. The van der Waals surface area contributed by atoms with Gasteiger partial charge in [0.1, 0.15) is 0 Å². The van der Waals surface area contributed by atoms with Crippen LogP contribution in [0, 0.1) is 12.8 Å². The van der Waals surface area contributed by atoms with Crippen LogP contribution in [0.15, 0.2) is 18.2 Å². The summed E-state index contributed by atoms with van der Waals surface area (Å²) < 4.78 is 0. The average molecular weight is 241 g/mol. The second-order valence-electron chi connectivity index (χ2n) is 6.68. The molecule has 0 aromatic heterocycles. The molecule has 1 aliphatic heterocycles. The van der Waals surface area contributed by atoms with Crippen molar-refractivity contribution in [3.63, 3.8) is 0 Å². The van der Waals surface area contributed by atoms with E-state index in [1.54, 1.807) is 11.1 Å². The molecule has 1 heteroatoms. The Morgan fingerprint density at radius 2 is 2.17 bits per heavy atom. The molecule has 2 aliphatic carbocycles. The SMILES string of the molecule is Cc1ccc2c(c1)[C@]13CCCCC1C(C2)NCC3. The highest BCUT2D eigenvalue weighted by Gasteiger charge is 2.51. The van der Waals surface area contributed by atoms with Crippen LogP contribution in [0.1, 0.15) is 48.8 Å². The minimum absolute atomic E-state index is 0.535. The van der Waals surface area contributed by atoms with Gasteiger partial charge in [-0.3, -0.25) is 0 Å². The first-order chi connectivity index (χ1) is 8.79. The Kier molecular flexibility index (Phi) is 2.35. The lowest BCUT2D eigenvalue weighted by Gasteiger charge is -2.56. The molecule has 1 aromatic carbocycles. The minimum atomic E-state index is 0.535. The molecule has 2 unspecified atom stereocenters. The van der Waals surface area contributed by atoms with E-state index in [2.05, 4.69) is 30.4 Å². The van der Waals surface area contributed by atoms with E-state index in [0.717, 1.165) is 12.0 Å². The normalized spacial score (nSPS) is 37.8. The van der Waals surface area contributed by atoms with Gasteiger partial charge < -0.3 is 5.32 Å². The first-order valence-corrected chi connectivity index (χ1v) is 7.63. The third-order valence-corrected chi connectivity index (χ3v) is 5.80. The van der Waals surface area contributed by atoms with Crippen molar-refractivity contribution in [3.8, 4) is 0 Å². The largest absolute Gasteiger partial charge is 0.313 e. The third kappa shape index (κ3) is 1.37. The molecule has 3 atom stereocenters. The quantitative estimate of drug-likeness (QED) is 0.734. The molecule has 1 heterocycles. The van der Waals surface area contributed by atoms with E-state index in [1.165, 1.54) is 50.6 Å². The predicted molar refractivity (Wildman–Crippen MR) is 74.9 cm³/mol. The lowest BCUT2D eigenvalue weighted by Crippen LogP contribution is -2.59. The van der Waals surface area contributed by atoms with Crippen LogP contribution < -0.4 is 5.32 Å². The molecular formula is C17H23N. The second-order valence-corrected chi connectivity index (χ2v) is 6.68. The molecule has 1 saturated carbocycles. The topological polar surface area (TPSA) is 12.0 Å². The third-order valence-electron chi connectivity index (χ3n) is 5.80.